The molecule has 2 aromatic carbocycles. The lowest BCUT2D eigenvalue weighted by Gasteiger charge is -2.11. The first-order valence-electron chi connectivity index (χ1n) is 8.68. The van der Waals surface area contributed by atoms with E-state index >= 15 is 0 Å². The Morgan fingerprint density at radius 2 is 1.79 bits per heavy atom. The summed E-state index contributed by atoms with van der Waals surface area (Å²) in [6.45, 7) is 5.61. The molecule has 148 valence electrons. The number of carbonyl (C=O) groups is 2. The van der Waals surface area contributed by atoms with Crippen LogP contribution in [0.2, 0.25) is 5.02 Å². The van der Waals surface area contributed by atoms with Crippen molar-refractivity contribution in [3.63, 3.8) is 0 Å². The predicted octanol–water partition coefficient (Wildman–Crippen LogP) is 3.98. The van der Waals surface area contributed by atoms with Crippen molar-refractivity contribution in [2.75, 3.05) is 13.2 Å². The van der Waals surface area contributed by atoms with Gasteiger partial charge in [0.05, 0.1) is 6.61 Å². The third-order valence-corrected chi connectivity index (χ3v) is 4.40. The van der Waals surface area contributed by atoms with E-state index in [1.54, 1.807) is 36.4 Å². The van der Waals surface area contributed by atoms with Gasteiger partial charge in [-0.15, -0.1) is 0 Å². The van der Waals surface area contributed by atoms with E-state index in [2.05, 4.69) is 5.32 Å². The molecule has 0 saturated carbocycles. The van der Waals surface area contributed by atoms with Crippen LogP contribution in [0.4, 0.5) is 0 Å². The van der Waals surface area contributed by atoms with Gasteiger partial charge < -0.3 is 19.9 Å². The van der Waals surface area contributed by atoms with Crippen molar-refractivity contribution in [2.45, 2.75) is 20.8 Å². The highest BCUT2D eigenvalue weighted by molar-refractivity contribution is 6.32. The Morgan fingerprint density at radius 1 is 1.14 bits per heavy atom. The maximum atomic E-state index is 12.2. The van der Waals surface area contributed by atoms with Gasteiger partial charge in [-0.3, -0.25) is 4.79 Å². The number of rotatable bonds is 8. The zero-order chi connectivity index (χ0) is 20.7. The molecule has 0 unspecified atom stereocenters. The maximum absolute atomic E-state index is 12.2. The number of carboxylic acids is 1. The molecular formula is C21H22ClNO5. The van der Waals surface area contributed by atoms with Crippen molar-refractivity contribution < 1.29 is 24.2 Å². The molecule has 0 bridgehead atoms. The van der Waals surface area contributed by atoms with Gasteiger partial charge in [0.2, 0.25) is 0 Å². The van der Waals surface area contributed by atoms with E-state index in [-0.39, 0.29) is 12.3 Å². The summed E-state index contributed by atoms with van der Waals surface area (Å²) < 4.78 is 10.9. The van der Waals surface area contributed by atoms with Crippen LogP contribution >= 0.6 is 11.6 Å². The Morgan fingerprint density at radius 3 is 2.39 bits per heavy atom. The quantitative estimate of drug-likeness (QED) is 0.651. The van der Waals surface area contributed by atoms with Crippen LogP contribution in [0.5, 0.6) is 11.5 Å². The number of halogens is 1. The van der Waals surface area contributed by atoms with Gasteiger partial charge in [0.25, 0.3) is 5.91 Å². The van der Waals surface area contributed by atoms with E-state index in [1.807, 2.05) is 20.8 Å². The third-order valence-electron chi connectivity index (χ3n) is 3.80. The smallest absolute Gasteiger partial charge is 0.352 e. The summed E-state index contributed by atoms with van der Waals surface area (Å²) in [7, 11) is 0. The number of nitrogens with one attached hydrogen (secondary N) is 1. The summed E-state index contributed by atoms with van der Waals surface area (Å²) >= 11 is 6.11. The molecular weight excluding hydrogens is 382 g/mol. The lowest BCUT2D eigenvalue weighted by Crippen LogP contribution is -2.31. The second-order valence-electron chi connectivity index (χ2n) is 6.04. The molecule has 0 spiro atoms. The molecule has 0 aromatic heterocycles. The average molecular weight is 404 g/mol. The number of hydrogen-bond donors (Lipinski definition) is 2. The average Bonchev–Trinajstić information content (AvgIpc) is 2.65. The summed E-state index contributed by atoms with van der Waals surface area (Å²) in [5, 5.41) is 12.4. The molecule has 6 nitrogen and oxygen atoms in total. The minimum Gasteiger partial charge on any atom is -0.493 e. The number of aliphatic carboxylic acids is 1. The second kappa shape index (κ2) is 9.80. The minimum atomic E-state index is -1.27. The number of para-hydroxylation sites is 1. The van der Waals surface area contributed by atoms with E-state index in [9.17, 15) is 14.7 Å². The highest BCUT2D eigenvalue weighted by Crippen LogP contribution is 2.26. The third kappa shape index (κ3) is 5.76. The summed E-state index contributed by atoms with van der Waals surface area (Å²) in [5.74, 6) is -0.843. The predicted molar refractivity (Wildman–Crippen MR) is 108 cm³/mol. The first-order chi connectivity index (χ1) is 13.3. The molecule has 0 aliphatic carbocycles. The summed E-state index contributed by atoms with van der Waals surface area (Å²) in [6.07, 6.45) is 1.35. The molecule has 2 aromatic rings. The SMILES string of the molecule is CCOc1ccccc1/C=C(/NC(=O)COc1cc(C)c(Cl)c(C)c1)C(=O)O. The lowest BCUT2D eigenvalue weighted by molar-refractivity contribution is -0.134. The number of aryl methyl sites for hydroxylation is 2. The van der Waals surface area contributed by atoms with E-state index in [0.29, 0.717) is 28.7 Å². The fourth-order valence-corrected chi connectivity index (χ4v) is 2.63. The minimum absolute atomic E-state index is 0.274. The lowest BCUT2D eigenvalue weighted by atomic mass is 10.1. The molecule has 0 aliphatic heterocycles. The van der Waals surface area contributed by atoms with Crippen LogP contribution in [-0.4, -0.2) is 30.2 Å². The topological polar surface area (TPSA) is 84.9 Å². The van der Waals surface area contributed by atoms with Crippen LogP contribution in [0.15, 0.2) is 42.1 Å². The molecule has 0 radical (unpaired) electrons. The summed E-state index contributed by atoms with van der Waals surface area (Å²) in [4.78, 5) is 23.7. The number of carboxylic acid groups (broad SMARTS) is 1. The van der Waals surface area contributed by atoms with Crippen molar-refractivity contribution in [3.05, 3.63) is 63.8 Å². The standard InChI is InChI=1S/C21H22ClNO5/c1-4-27-18-8-6-5-7-15(18)11-17(21(25)26)23-19(24)12-28-16-9-13(2)20(22)14(3)10-16/h5-11H,4,12H2,1-3H3,(H,23,24)(H,25,26)/b17-11+. The maximum Gasteiger partial charge on any atom is 0.352 e. The molecule has 0 heterocycles. The number of carbonyl (C=O) groups excluding carboxylic acids is 1. The first-order valence-corrected chi connectivity index (χ1v) is 9.05. The molecule has 2 N–H and O–H groups in total. The van der Waals surface area contributed by atoms with Gasteiger partial charge in [0.1, 0.15) is 17.2 Å². The monoisotopic (exact) mass is 403 g/mol. The fourth-order valence-electron chi connectivity index (χ4n) is 2.52. The Labute approximate surface area is 168 Å². The van der Waals surface area contributed by atoms with Crippen molar-refractivity contribution in [3.8, 4) is 11.5 Å². The highest BCUT2D eigenvalue weighted by Gasteiger charge is 2.14. The first kappa shape index (κ1) is 21.3. The van der Waals surface area contributed by atoms with E-state index in [0.717, 1.165) is 11.1 Å². The molecule has 7 heteroatoms. The van der Waals surface area contributed by atoms with Crippen LogP contribution in [0.3, 0.4) is 0 Å². The van der Waals surface area contributed by atoms with Crippen molar-refractivity contribution in [2.24, 2.45) is 0 Å². The Bertz CT molecular complexity index is 884. The van der Waals surface area contributed by atoms with Crippen molar-refractivity contribution >= 4 is 29.6 Å². The molecule has 0 fully saturated rings. The number of benzene rings is 2. The van der Waals surface area contributed by atoms with Crippen LogP contribution in [-0.2, 0) is 9.59 Å². The van der Waals surface area contributed by atoms with Gasteiger partial charge in [0, 0.05) is 10.6 Å². The molecule has 0 atom stereocenters. The van der Waals surface area contributed by atoms with E-state index < -0.39 is 11.9 Å². The van der Waals surface area contributed by atoms with Crippen molar-refractivity contribution in [1.82, 2.24) is 5.32 Å². The van der Waals surface area contributed by atoms with E-state index in [1.165, 1.54) is 6.08 Å². The highest BCUT2D eigenvalue weighted by atomic mass is 35.5. The number of hydrogen-bond acceptors (Lipinski definition) is 4. The van der Waals surface area contributed by atoms with Gasteiger partial charge in [-0.1, -0.05) is 29.8 Å². The largest absolute Gasteiger partial charge is 0.493 e. The Kier molecular flexibility index (Phi) is 7.46. The Hall–Kier alpha value is -2.99. The molecule has 1 amide bonds. The normalized spacial score (nSPS) is 11.1. The van der Waals surface area contributed by atoms with Crippen molar-refractivity contribution in [1.29, 1.82) is 0 Å². The molecule has 0 aliphatic rings. The molecule has 2 rings (SSSR count). The van der Waals surface area contributed by atoms with Gasteiger partial charge in [0.15, 0.2) is 6.61 Å². The van der Waals surface area contributed by atoms with Gasteiger partial charge in [-0.2, -0.15) is 0 Å². The van der Waals surface area contributed by atoms with E-state index in [4.69, 9.17) is 21.1 Å². The van der Waals surface area contributed by atoms with Gasteiger partial charge in [-0.25, -0.2) is 4.79 Å². The van der Waals surface area contributed by atoms with Gasteiger partial charge in [-0.05, 0) is 56.2 Å². The number of ether oxygens (including phenoxy) is 2. The number of amides is 1. The second-order valence-corrected chi connectivity index (χ2v) is 6.42. The van der Waals surface area contributed by atoms with Crippen LogP contribution in [0.25, 0.3) is 6.08 Å². The van der Waals surface area contributed by atoms with Crippen LogP contribution in [0.1, 0.15) is 23.6 Å². The summed E-state index contributed by atoms with van der Waals surface area (Å²) in [6, 6.07) is 10.4. The molecule has 0 saturated heterocycles. The molecule has 28 heavy (non-hydrogen) atoms. The van der Waals surface area contributed by atoms with Crippen LogP contribution in [0, 0.1) is 13.8 Å². The zero-order valence-electron chi connectivity index (χ0n) is 15.9. The Balaban J connectivity index is 2.10. The zero-order valence-corrected chi connectivity index (χ0v) is 16.7. The fraction of sp³-hybridized carbons (Fsp3) is 0.238. The van der Waals surface area contributed by atoms with Crippen LogP contribution < -0.4 is 14.8 Å². The summed E-state index contributed by atoms with van der Waals surface area (Å²) in [5.41, 5.74) is 1.93. The van der Waals surface area contributed by atoms with Gasteiger partial charge >= 0.3 is 5.97 Å².